The summed E-state index contributed by atoms with van der Waals surface area (Å²) in [6.07, 6.45) is -1.59. The normalized spacial score (nSPS) is 10.8. The molecule has 0 heterocycles. The quantitative estimate of drug-likeness (QED) is 0.627. The molecule has 6 nitrogen and oxygen atoms in total. The van der Waals surface area contributed by atoms with Crippen molar-refractivity contribution in [3.05, 3.63) is 35.9 Å². The molecule has 1 atom stereocenters. The minimum atomic E-state index is -0.819. The van der Waals surface area contributed by atoms with Crippen LogP contribution < -0.4 is 11.1 Å². The third-order valence-electron chi connectivity index (χ3n) is 2.13. The molecule has 3 N–H and O–H groups in total. The maximum Gasteiger partial charge on any atom is 0.408 e. The number of halogens is 1. The molecule has 1 rings (SSSR count). The van der Waals surface area contributed by atoms with Crippen LogP contribution in [-0.2, 0) is 20.9 Å². The van der Waals surface area contributed by atoms with Gasteiger partial charge in [-0.15, -0.1) is 12.4 Å². The summed E-state index contributed by atoms with van der Waals surface area (Å²) in [5.41, 5.74) is 6.38. The van der Waals surface area contributed by atoms with Gasteiger partial charge < -0.3 is 20.5 Å². The van der Waals surface area contributed by atoms with Crippen molar-refractivity contribution >= 4 is 24.5 Å². The Bertz CT molecular complexity index is 400. The van der Waals surface area contributed by atoms with E-state index in [2.05, 4.69) is 10.1 Å². The summed E-state index contributed by atoms with van der Waals surface area (Å²) in [6, 6.07) is 9.23. The number of carbonyl (C=O) groups excluding carboxylic acids is 2. The van der Waals surface area contributed by atoms with E-state index < -0.39 is 18.2 Å². The van der Waals surface area contributed by atoms with E-state index in [1.54, 1.807) is 0 Å². The maximum atomic E-state index is 11.3. The molecule has 1 aromatic carbocycles. The van der Waals surface area contributed by atoms with E-state index in [1.807, 2.05) is 30.3 Å². The molecule has 7 heteroatoms. The first-order valence-electron chi connectivity index (χ1n) is 5.41. The molecule has 0 unspecified atom stereocenters. The van der Waals surface area contributed by atoms with Gasteiger partial charge >= 0.3 is 12.1 Å². The number of nitrogens with two attached hydrogens (primary N) is 1. The number of hydrogen-bond donors (Lipinski definition) is 2. The molecule has 106 valence electrons. The van der Waals surface area contributed by atoms with Gasteiger partial charge in [-0.2, -0.15) is 0 Å². The molecule has 0 aliphatic rings. The van der Waals surface area contributed by atoms with Crippen molar-refractivity contribution in [1.29, 1.82) is 0 Å². The van der Waals surface area contributed by atoms with Crippen LogP contribution >= 0.6 is 12.4 Å². The number of amides is 1. The molecule has 0 fully saturated rings. The van der Waals surface area contributed by atoms with Crippen LogP contribution in [0.1, 0.15) is 12.0 Å². The number of benzene rings is 1. The van der Waals surface area contributed by atoms with Gasteiger partial charge in [0.2, 0.25) is 0 Å². The van der Waals surface area contributed by atoms with E-state index in [1.165, 1.54) is 7.11 Å². The number of rotatable bonds is 5. The predicted molar refractivity (Wildman–Crippen MR) is 71.6 cm³/mol. The molecule has 0 saturated carbocycles. The summed E-state index contributed by atoms with van der Waals surface area (Å²) in [4.78, 5) is 22.2. The average molecular weight is 289 g/mol. The van der Waals surface area contributed by atoms with E-state index in [4.69, 9.17) is 10.5 Å². The van der Waals surface area contributed by atoms with E-state index in [0.29, 0.717) is 0 Å². The van der Waals surface area contributed by atoms with Gasteiger partial charge in [-0.1, -0.05) is 30.3 Å². The summed E-state index contributed by atoms with van der Waals surface area (Å²) in [6.45, 7) is 0.150. The monoisotopic (exact) mass is 288 g/mol. The van der Waals surface area contributed by atoms with Crippen LogP contribution in [0.25, 0.3) is 0 Å². The molecular formula is C12H17ClN2O4. The van der Waals surface area contributed by atoms with E-state index in [-0.39, 0.29) is 25.4 Å². The minimum absolute atomic E-state index is 0. The van der Waals surface area contributed by atoms with E-state index in [9.17, 15) is 9.59 Å². The molecule has 0 aliphatic carbocycles. The molecular weight excluding hydrogens is 272 g/mol. The summed E-state index contributed by atoms with van der Waals surface area (Å²) < 4.78 is 9.35. The van der Waals surface area contributed by atoms with Crippen LogP contribution in [0.15, 0.2) is 30.3 Å². The number of hydrogen-bond acceptors (Lipinski definition) is 5. The van der Waals surface area contributed by atoms with Crippen molar-refractivity contribution < 1.29 is 19.1 Å². The van der Waals surface area contributed by atoms with Crippen molar-refractivity contribution in [2.24, 2.45) is 5.73 Å². The van der Waals surface area contributed by atoms with Crippen LogP contribution in [0.2, 0.25) is 0 Å². The fraction of sp³-hybridized carbons (Fsp3) is 0.333. The zero-order chi connectivity index (χ0) is 13.4. The fourth-order valence-electron chi connectivity index (χ4n) is 1.23. The molecule has 0 bridgehead atoms. The summed E-state index contributed by atoms with van der Waals surface area (Å²) in [5.74, 6) is -0.495. The van der Waals surface area contributed by atoms with Gasteiger partial charge in [-0.25, -0.2) is 4.79 Å². The molecule has 0 aliphatic heterocycles. The molecule has 0 aromatic heterocycles. The van der Waals surface area contributed by atoms with Crippen LogP contribution in [0, 0.1) is 0 Å². The van der Waals surface area contributed by atoms with Crippen molar-refractivity contribution in [2.45, 2.75) is 19.2 Å². The highest BCUT2D eigenvalue weighted by Crippen LogP contribution is 2.00. The zero-order valence-electron chi connectivity index (χ0n) is 10.5. The number of ether oxygens (including phenoxy) is 2. The molecule has 1 aromatic rings. The SMILES string of the molecule is COC(=O)C[C@@H](N)NC(=O)OCc1ccccc1.Cl. The predicted octanol–water partition coefficient (Wildman–Crippen LogP) is 1.18. The van der Waals surface area contributed by atoms with Crippen LogP contribution in [0.4, 0.5) is 4.79 Å². The fourth-order valence-corrected chi connectivity index (χ4v) is 1.23. The first-order valence-corrected chi connectivity index (χ1v) is 5.41. The van der Waals surface area contributed by atoms with Gasteiger partial charge in [0.15, 0.2) is 0 Å². The van der Waals surface area contributed by atoms with Crippen molar-refractivity contribution in [2.75, 3.05) is 7.11 Å². The number of carbonyl (C=O) groups is 2. The van der Waals surface area contributed by atoms with Crippen molar-refractivity contribution in [3.8, 4) is 0 Å². The first kappa shape index (κ1) is 17.2. The van der Waals surface area contributed by atoms with Gasteiger partial charge in [0, 0.05) is 0 Å². The summed E-state index contributed by atoms with van der Waals surface area (Å²) in [7, 11) is 1.25. The lowest BCUT2D eigenvalue weighted by Crippen LogP contribution is -2.43. The molecule has 19 heavy (non-hydrogen) atoms. The second kappa shape index (κ2) is 9.18. The lowest BCUT2D eigenvalue weighted by atomic mass is 10.2. The highest BCUT2D eigenvalue weighted by molar-refractivity contribution is 5.85. The van der Waals surface area contributed by atoms with E-state index in [0.717, 1.165) is 5.56 Å². The Hall–Kier alpha value is -1.79. The van der Waals surface area contributed by atoms with Gasteiger partial charge in [0.05, 0.1) is 19.7 Å². The molecule has 1 amide bonds. The van der Waals surface area contributed by atoms with Gasteiger partial charge in [-0.05, 0) is 5.56 Å². The van der Waals surface area contributed by atoms with Gasteiger partial charge in [-0.3, -0.25) is 4.79 Å². The number of alkyl carbamates (subject to hydrolysis) is 1. The highest BCUT2D eigenvalue weighted by atomic mass is 35.5. The lowest BCUT2D eigenvalue weighted by Gasteiger charge is -2.12. The Morgan fingerprint density at radius 3 is 2.53 bits per heavy atom. The van der Waals surface area contributed by atoms with Gasteiger partial charge in [0.1, 0.15) is 6.61 Å². The number of methoxy groups -OCH3 is 1. The maximum absolute atomic E-state index is 11.3. The second-order valence-corrected chi connectivity index (χ2v) is 3.59. The van der Waals surface area contributed by atoms with Crippen LogP contribution in [0.5, 0.6) is 0 Å². The average Bonchev–Trinajstić information content (AvgIpc) is 2.37. The Morgan fingerprint density at radius 1 is 1.32 bits per heavy atom. The lowest BCUT2D eigenvalue weighted by molar-refractivity contribution is -0.141. The van der Waals surface area contributed by atoms with Crippen LogP contribution in [0.3, 0.4) is 0 Å². The Morgan fingerprint density at radius 2 is 1.95 bits per heavy atom. The number of esters is 1. The van der Waals surface area contributed by atoms with Gasteiger partial charge in [0.25, 0.3) is 0 Å². The largest absolute Gasteiger partial charge is 0.469 e. The van der Waals surface area contributed by atoms with Crippen molar-refractivity contribution in [1.82, 2.24) is 5.32 Å². The summed E-state index contributed by atoms with van der Waals surface area (Å²) in [5, 5.41) is 2.33. The number of nitrogens with one attached hydrogen (secondary N) is 1. The molecule has 0 radical (unpaired) electrons. The van der Waals surface area contributed by atoms with Crippen LogP contribution in [-0.4, -0.2) is 25.3 Å². The third kappa shape index (κ3) is 7.28. The topological polar surface area (TPSA) is 90.6 Å². The zero-order valence-corrected chi connectivity index (χ0v) is 11.3. The smallest absolute Gasteiger partial charge is 0.408 e. The molecule has 0 spiro atoms. The van der Waals surface area contributed by atoms with E-state index >= 15 is 0 Å². The standard InChI is InChI=1S/C12H16N2O4.ClH/c1-17-11(15)7-10(13)14-12(16)18-8-9-5-3-2-4-6-9;/h2-6,10H,7-8,13H2,1H3,(H,14,16);1H/t10-;/m0./s1. The molecule has 0 saturated heterocycles. The third-order valence-corrected chi connectivity index (χ3v) is 2.13. The minimum Gasteiger partial charge on any atom is -0.469 e. The Balaban J connectivity index is 0.00000324. The highest BCUT2D eigenvalue weighted by Gasteiger charge is 2.13. The Labute approximate surface area is 117 Å². The van der Waals surface area contributed by atoms with Crippen molar-refractivity contribution in [3.63, 3.8) is 0 Å². The summed E-state index contributed by atoms with van der Waals surface area (Å²) >= 11 is 0. The Kier molecular flexibility index (Phi) is 8.32. The second-order valence-electron chi connectivity index (χ2n) is 3.59. The first-order chi connectivity index (χ1) is 8.61.